The molecule has 23 heavy (non-hydrogen) atoms. The van der Waals surface area contributed by atoms with E-state index in [2.05, 4.69) is 11.4 Å². The molecule has 0 bridgehead atoms. The number of hydrogen-bond donors (Lipinski definition) is 1. The van der Waals surface area contributed by atoms with E-state index in [-0.39, 0.29) is 23.0 Å². The molecule has 122 valence electrons. The lowest BCUT2D eigenvalue weighted by Gasteiger charge is -2.07. The topological polar surface area (TPSA) is 63.2 Å². The van der Waals surface area contributed by atoms with Gasteiger partial charge < -0.3 is 5.32 Å². The highest BCUT2D eigenvalue weighted by atomic mass is 32.2. The highest BCUT2D eigenvalue weighted by molar-refractivity contribution is 7.91. The van der Waals surface area contributed by atoms with Gasteiger partial charge in [-0.3, -0.25) is 4.79 Å². The predicted octanol–water partition coefficient (Wildman–Crippen LogP) is 2.52. The van der Waals surface area contributed by atoms with Crippen molar-refractivity contribution >= 4 is 15.7 Å². The fourth-order valence-corrected chi connectivity index (χ4v) is 3.54. The number of rotatable bonds is 7. The standard InChI is InChI=1S/C18H21NO3S/c1-15-6-5-7-16(14-15)10-12-19-18(20)11-13-23(21,22)17-8-3-2-4-9-17/h2-9,14H,10-13H2,1H3,(H,19,20). The second-order valence-electron chi connectivity index (χ2n) is 5.47. The molecule has 0 spiro atoms. The lowest BCUT2D eigenvalue weighted by Crippen LogP contribution is -2.27. The number of sulfone groups is 1. The van der Waals surface area contributed by atoms with Gasteiger partial charge in [-0.15, -0.1) is 0 Å². The van der Waals surface area contributed by atoms with Gasteiger partial charge in [0, 0.05) is 13.0 Å². The molecule has 1 amide bonds. The van der Waals surface area contributed by atoms with Crippen LogP contribution in [-0.2, 0) is 21.1 Å². The molecule has 0 saturated heterocycles. The Morgan fingerprint density at radius 1 is 1.04 bits per heavy atom. The summed E-state index contributed by atoms with van der Waals surface area (Å²) in [6.45, 7) is 2.53. The normalized spacial score (nSPS) is 11.2. The molecule has 0 unspecified atom stereocenters. The van der Waals surface area contributed by atoms with Crippen LogP contribution in [-0.4, -0.2) is 26.6 Å². The van der Waals surface area contributed by atoms with Gasteiger partial charge >= 0.3 is 0 Å². The second-order valence-corrected chi connectivity index (χ2v) is 7.58. The zero-order valence-corrected chi connectivity index (χ0v) is 14.0. The summed E-state index contributed by atoms with van der Waals surface area (Å²) in [4.78, 5) is 12.1. The minimum atomic E-state index is -3.40. The maximum atomic E-state index is 12.1. The quantitative estimate of drug-likeness (QED) is 0.848. The van der Waals surface area contributed by atoms with E-state index in [4.69, 9.17) is 0 Å². The van der Waals surface area contributed by atoms with Crippen LogP contribution in [0.25, 0.3) is 0 Å². The van der Waals surface area contributed by atoms with Crippen LogP contribution in [0.5, 0.6) is 0 Å². The Morgan fingerprint density at radius 2 is 1.78 bits per heavy atom. The number of amides is 1. The van der Waals surface area contributed by atoms with Crippen molar-refractivity contribution in [2.45, 2.75) is 24.7 Å². The van der Waals surface area contributed by atoms with E-state index in [0.29, 0.717) is 6.54 Å². The lowest BCUT2D eigenvalue weighted by atomic mass is 10.1. The Morgan fingerprint density at radius 3 is 2.48 bits per heavy atom. The third kappa shape index (κ3) is 5.53. The summed E-state index contributed by atoms with van der Waals surface area (Å²) in [7, 11) is -3.40. The molecule has 1 N–H and O–H groups in total. The third-order valence-electron chi connectivity index (χ3n) is 3.52. The van der Waals surface area contributed by atoms with Crippen LogP contribution in [0.15, 0.2) is 59.5 Å². The molecule has 2 rings (SSSR count). The largest absolute Gasteiger partial charge is 0.356 e. The van der Waals surface area contributed by atoms with Gasteiger partial charge in [0.25, 0.3) is 0 Å². The summed E-state index contributed by atoms with van der Waals surface area (Å²) >= 11 is 0. The van der Waals surface area contributed by atoms with Crippen molar-refractivity contribution in [1.29, 1.82) is 0 Å². The number of carbonyl (C=O) groups excluding carboxylic acids is 1. The van der Waals surface area contributed by atoms with Crippen LogP contribution in [0.3, 0.4) is 0 Å². The average molecular weight is 331 g/mol. The lowest BCUT2D eigenvalue weighted by molar-refractivity contribution is -0.120. The van der Waals surface area contributed by atoms with Gasteiger partial charge in [-0.1, -0.05) is 48.0 Å². The SMILES string of the molecule is Cc1cccc(CCNC(=O)CCS(=O)(=O)c2ccccc2)c1. The molecular weight excluding hydrogens is 310 g/mol. The maximum Gasteiger partial charge on any atom is 0.221 e. The number of nitrogens with one attached hydrogen (secondary N) is 1. The minimum absolute atomic E-state index is 0.0228. The Bertz CT molecular complexity index is 755. The van der Waals surface area contributed by atoms with Crippen LogP contribution in [0.4, 0.5) is 0 Å². The van der Waals surface area contributed by atoms with Gasteiger partial charge in [-0.05, 0) is 31.0 Å². The first kappa shape index (κ1) is 17.2. The maximum absolute atomic E-state index is 12.1. The van der Waals surface area contributed by atoms with Crippen molar-refractivity contribution in [1.82, 2.24) is 5.32 Å². The van der Waals surface area contributed by atoms with Crippen molar-refractivity contribution in [3.05, 3.63) is 65.7 Å². The first-order valence-corrected chi connectivity index (χ1v) is 9.23. The summed E-state index contributed by atoms with van der Waals surface area (Å²) in [6.07, 6.45) is 0.712. The van der Waals surface area contributed by atoms with Gasteiger partial charge in [0.15, 0.2) is 9.84 Å². The summed E-state index contributed by atoms with van der Waals surface area (Å²) in [5, 5.41) is 2.77. The van der Waals surface area contributed by atoms with Crippen LogP contribution in [0.1, 0.15) is 17.5 Å². The molecule has 0 saturated carbocycles. The van der Waals surface area contributed by atoms with Crippen molar-refractivity contribution in [2.24, 2.45) is 0 Å². The molecule has 0 aliphatic heterocycles. The fraction of sp³-hybridized carbons (Fsp3) is 0.278. The van der Waals surface area contributed by atoms with Crippen molar-refractivity contribution in [3.8, 4) is 0 Å². The van der Waals surface area contributed by atoms with Crippen LogP contribution >= 0.6 is 0 Å². The molecule has 4 nitrogen and oxygen atoms in total. The van der Waals surface area contributed by atoms with E-state index >= 15 is 0 Å². The Hall–Kier alpha value is -2.14. The number of benzene rings is 2. The van der Waals surface area contributed by atoms with E-state index in [9.17, 15) is 13.2 Å². The van der Waals surface area contributed by atoms with E-state index < -0.39 is 9.84 Å². The van der Waals surface area contributed by atoms with E-state index in [0.717, 1.165) is 12.0 Å². The Kier molecular flexibility index (Phi) is 5.93. The van der Waals surface area contributed by atoms with Crippen LogP contribution < -0.4 is 5.32 Å². The molecule has 5 heteroatoms. The smallest absolute Gasteiger partial charge is 0.221 e. The summed E-state index contributed by atoms with van der Waals surface area (Å²) < 4.78 is 24.2. The number of hydrogen-bond acceptors (Lipinski definition) is 3. The molecule has 0 radical (unpaired) electrons. The number of aryl methyl sites for hydroxylation is 1. The zero-order chi connectivity index (χ0) is 16.7. The monoisotopic (exact) mass is 331 g/mol. The van der Waals surface area contributed by atoms with Crippen molar-refractivity contribution < 1.29 is 13.2 Å². The molecule has 0 heterocycles. The highest BCUT2D eigenvalue weighted by Gasteiger charge is 2.15. The van der Waals surface area contributed by atoms with E-state index in [1.165, 1.54) is 5.56 Å². The first-order chi connectivity index (χ1) is 11.0. The third-order valence-corrected chi connectivity index (χ3v) is 5.25. The summed E-state index contributed by atoms with van der Waals surface area (Å²) in [6, 6.07) is 16.3. The van der Waals surface area contributed by atoms with Gasteiger partial charge in [0.05, 0.1) is 10.6 Å². The van der Waals surface area contributed by atoms with E-state index in [1.807, 2.05) is 25.1 Å². The van der Waals surface area contributed by atoms with Crippen LogP contribution in [0.2, 0.25) is 0 Å². The van der Waals surface area contributed by atoms with Crippen molar-refractivity contribution in [2.75, 3.05) is 12.3 Å². The Balaban J connectivity index is 1.77. The molecule has 2 aromatic rings. The molecule has 0 aliphatic carbocycles. The summed E-state index contributed by atoms with van der Waals surface area (Å²) in [5.74, 6) is -0.412. The van der Waals surface area contributed by atoms with Gasteiger partial charge in [0.2, 0.25) is 5.91 Å². The highest BCUT2D eigenvalue weighted by Crippen LogP contribution is 2.11. The second kappa shape index (κ2) is 7.92. The average Bonchev–Trinajstić information content (AvgIpc) is 2.54. The van der Waals surface area contributed by atoms with E-state index in [1.54, 1.807) is 30.3 Å². The Labute approximate surface area is 137 Å². The van der Waals surface area contributed by atoms with Gasteiger partial charge in [-0.25, -0.2) is 8.42 Å². The molecule has 0 aromatic heterocycles. The molecule has 0 aliphatic rings. The molecule has 0 atom stereocenters. The fourth-order valence-electron chi connectivity index (χ4n) is 2.28. The summed E-state index contributed by atoms with van der Waals surface area (Å²) in [5.41, 5.74) is 2.34. The van der Waals surface area contributed by atoms with Crippen molar-refractivity contribution in [3.63, 3.8) is 0 Å². The zero-order valence-electron chi connectivity index (χ0n) is 13.2. The molecular formula is C18H21NO3S. The number of carbonyl (C=O) groups is 1. The van der Waals surface area contributed by atoms with Crippen LogP contribution in [0, 0.1) is 6.92 Å². The minimum Gasteiger partial charge on any atom is -0.356 e. The predicted molar refractivity (Wildman–Crippen MR) is 91.0 cm³/mol. The van der Waals surface area contributed by atoms with Gasteiger partial charge in [-0.2, -0.15) is 0 Å². The molecule has 2 aromatic carbocycles. The molecule has 0 fully saturated rings. The van der Waals surface area contributed by atoms with Gasteiger partial charge in [0.1, 0.15) is 0 Å². The first-order valence-electron chi connectivity index (χ1n) is 7.57.